The summed E-state index contributed by atoms with van der Waals surface area (Å²) in [6.45, 7) is 0.660. The minimum atomic E-state index is -3.58. The van der Waals surface area contributed by atoms with Crippen LogP contribution in [0.1, 0.15) is 53.8 Å². The molecular weight excluding hydrogens is 254 g/mol. The Kier molecular flexibility index (Phi) is 14.7. The number of hydrogen-bond acceptors (Lipinski definition) is 0. The molecule has 0 fully saturated rings. The van der Waals surface area contributed by atoms with Crippen LogP contribution in [-0.4, -0.2) is 26.2 Å². The summed E-state index contributed by atoms with van der Waals surface area (Å²) in [5.41, 5.74) is 0. The Labute approximate surface area is 126 Å². The summed E-state index contributed by atoms with van der Waals surface area (Å²) >= 11 is 0. The second-order valence-corrected chi connectivity index (χ2v) is 9.58. The van der Waals surface area contributed by atoms with Crippen LogP contribution in [0.5, 0.6) is 0 Å². The molecule has 0 aromatic carbocycles. The molecule has 0 saturated heterocycles. The van der Waals surface area contributed by atoms with Crippen LogP contribution in [-0.2, 0) is 10.1 Å². The van der Waals surface area contributed by atoms with Gasteiger partial charge in [0.25, 0.3) is 6.72 Å². The van der Waals surface area contributed by atoms with Crippen LogP contribution in [0.15, 0.2) is 0 Å². The van der Waals surface area contributed by atoms with Crippen LogP contribution in [0.4, 0.5) is 0 Å². The van der Waals surface area contributed by atoms with Crippen molar-refractivity contribution in [3.05, 3.63) is 0 Å². The largest absolute Gasteiger partial charge is 1.00 e. The van der Waals surface area contributed by atoms with Gasteiger partial charge in [-0.2, -0.15) is 0 Å². The van der Waals surface area contributed by atoms with Crippen LogP contribution in [0.3, 0.4) is 0 Å². The summed E-state index contributed by atoms with van der Waals surface area (Å²) in [7, 11) is -0.567. The zero-order chi connectivity index (χ0) is 11.7. The van der Waals surface area contributed by atoms with Crippen LogP contribution >= 0.6 is 6.72 Å². The van der Waals surface area contributed by atoms with Crippen molar-refractivity contribution in [1.82, 2.24) is 0 Å². The molecule has 0 aliphatic carbocycles. The number of rotatable bonds is 8. The van der Waals surface area contributed by atoms with Gasteiger partial charge in [-0.25, -0.2) is 0 Å². The number of unbranched alkanes of at least 4 members (excludes halogenated alkanes) is 4. The average Bonchev–Trinajstić information content (AvgIpc) is 2.14. The summed E-state index contributed by atoms with van der Waals surface area (Å²) in [6, 6.07) is 0. The quantitative estimate of drug-likeness (QED) is 0.327. The molecule has 0 aliphatic heterocycles. The third kappa shape index (κ3) is 10.8. The standard InChI is InChI=1S/C10H25O3PS.Na.H/c1-3-5-7-9-15(14(11,12)13)10-8-6-4-2;;/h11-13H,3-10H2,1-2H3;;/q;+1;-1. The van der Waals surface area contributed by atoms with Gasteiger partial charge in [0, 0.05) is 0 Å². The molecule has 3 nitrogen and oxygen atoms in total. The van der Waals surface area contributed by atoms with E-state index in [1.54, 1.807) is 0 Å². The zero-order valence-corrected chi connectivity index (χ0v) is 14.6. The Morgan fingerprint density at radius 2 is 1.25 bits per heavy atom. The van der Waals surface area contributed by atoms with Gasteiger partial charge in [-0.05, 0) is 24.3 Å². The molecule has 0 rings (SSSR count). The Bertz CT molecular complexity index is 203. The molecule has 3 N–H and O–H groups in total. The minimum Gasteiger partial charge on any atom is -1.00 e. The summed E-state index contributed by atoms with van der Waals surface area (Å²) in [5.74, 6) is 1.55. The molecule has 0 aromatic rings. The normalized spacial score (nSPS) is 11.6. The monoisotopic (exact) mass is 280 g/mol. The van der Waals surface area contributed by atoms with Gasteiger partial charge in [0.05, 0.1) is 0 Å². The molecule has 0 aromatic heterocycles. The van der Waals surface area contributed by atoms with Crippen molar-refractivity contribution in [2.24, 2.45) is 0 Å². The fourth-order valence-corrected chi connectivity index (χ4v) is 5.40. The molecule has 0 amide bonds. The Balaban J connectivity index is -0.000000980. The van der Waals surface area contributed by atoms with Gasteiger partial charge >= 0.3 is 29.6 Å². The maximum absolute atomic E-state index is 9.31. The second kappa shape index (κ2) is 11.7. The molecule has 0 bridgehead atoms. The van der Waals surface area contributed by atoms with Crippen LogP contribution < -0.4 is 29.6 Å². The summed E-state index contributed by atoms with van der Waals surface area (Å²) in [6.07, 6.45) is 6.46. The molecule has 96 valence electrons. The van der Waals surface area contributed by atoms with Gasteiger partial charge in [-0.3, -0.25) is 0 Å². The molecule has 16 heavy (non-hydrogen) atoms. The van der Waals surface area contributed by atoms with Crippen molar-refractivity contribution in [2.45, 2.75) is 52.4 Å². The molecule has 6 heteroatoms. The Morgan fingerprint density at radius 3 is 1.50 bits per heavy atom. The average molecular weight is 280 g/mol. The van der Waals surface area contributed by atoms with Crippen molar-refractivity contribution < 1.29 is 45.7 Å². The van der Waals surface area contributed by atoms with E-state index in [-0.39, 0.29) is 31.0 Å². The van der Waals surface area contributed by atoms with E-state index in [2.05, 4.69) is 13.8 Å². The molecule has 0 radical (unpaired) electrons. The fraction of sp³-hybridized carbons (Fsp3) is 1.00. The van der Waals surface area contributed by atoms with Gasteiger partial charge in [-0.15, -0.1) is 10.1 Å². The van der Waals surface area contributed by atoms with Crippen molar-refractivity contribution in [1.29, 1.82) is 0 Å². The first-order chi connectivity index (χ1) is 7.02. The van der Waals surface area contributed by atoms with Gasteiger partial charge in [0.15, 0.2) is 0 Å². The third-order valence-electron chi connectivity index (χ3n) is 2.31. The van der Waals surface area contributed by atoms with Gasteiger partial charge in [0.1, 0.15) is 0 Å². The maximum atomic E-state index is 9.31. The predicted molar refractivity (Wildman–Crippen MR) is 70.8 cm³/mol. The van der Waals surface area contributed by atoms with E-state index in [4.69, 9.17) is 0 Å². The first kappa shape index (κ1) is 20.0. The molecule has 0 atom stereocenters. The van der Waals surface area contributed by atoms with Gasteiger partial charge in [-0.1, -0.05) is 39.5 Å². The topological polar surface area (TPSA) is 60.7 Å². The summed E-state index contributed by atoms with van der Waals surface area (Å²) in [4.78, 5) is 27.9. The zero-order valence-electron chi connectivity index (χ0n) is 11.9. The molecule has 0 unspecified atom stereocenters. The van der Waals surface area contributed by atoms with Crippen LogP contribution in [0.25, 0.3) is 0 Å². The van der Waals surface area contributed by atoms with Crippen molar-refractivity contribution in [3.63, 3.8) is 0 Å². The van der Waals surface area contributed by atoms with Crippen molar-refractivity contribution >= 4 is 16.8 Å². The summed E-state index contributed by atoms with van der Waals surface area (Å²) in [5, 5.41) is 0. The van der Waals surface area contributed by atoms with Crippen LogP contribution in [0, 0.1) is 0 Å². The third-order valence-corrected chi connectivity index (χ3v) is 7.70. The minimum absolute atomic E-state index is 0. The van der Waals surface area contributed by atoms with Crippen molar-refractivity contribution in [2.75, 3.05) is 11.5 Å². The van der Waals surface area contributed by atoms with E-state index in [0.717, 1.165) is 50.0 Å². The van der Waals surface area contributed by atoms with E-state index in [0.29, 0.717) is 0 Å². The molecule has 0 saturated carbocycles. The SMILES string of the molecule is CCCCCS(CCCCC)=P(O)(O)O.[H-].[Na+]. The van der Waals surface area contributed by atoms with Crippen molar-refractivity contribution in [3.8, 4) is 0 Å². The van der Waals surface area contributed by atoms with E-state index in [1.165, 1.54) is 0 Å². The fourth-order valence-electron chi connectivity index (χ4n) is 1.38. The summed E-state index contributed by atoms with van der Waals surface area (Å²) < 4.78 is 0. The van der Waals surface area contributed by atoms with E-state index in [1.807, 2.05) is 0 Å². The second-order valence-electron chi connectivity index (χ2n) is 3.80. The van der Waals surface area contributed by atoms with E-state index < -0.39 is 16.8 Å². The van der Waals surface area contributed by atoms with E-state index >= 15 is 0 Å². The van der Waals surface area contributed by atoms with Gasteiger partial charge in [0.2, 0.25) is 0 Å². The van der Waals surface area contributed by atoms with Crippen LogP contribution in [0.2, 0.25) is 0 Å². The predicted octanol–water partition coefficient (Wildman–Crippen LogP) is -0.244. The molecule has 0 spiro atoms. The number of hydrogen-bond donors (Lipinski definition) is 3. The molecule has 0 heterocycles. The van der Waals surface area contributed by atoms with E-state index in [9.17, 15) is 14.7 Å². The Hall–Kier alpha value is 1.66. The first-order valence-corrected chi connectivity index (χ1v) is 9.59. The smallest absolute Gasteiger partial charge is 1.00 e. The maximum Gasteiger partial charge on any atom is 1.00 e. The Morgan fingerprint density at radius 1 is 0.875 bits per heavy atom. The van der Waals surface area contributed by atoms with Gasteiger partial charge < -0.3 is 16.1 Å². The molecule has 0 aliphatic rings. The first-order valence-electron chi connectivity index (χ1n) is 5.77. The molecular formula is C10H26NaO3PS.